The summed E-state index contributed by atoms with van der Waals surface area (Å²) in [6.45, 7) is 0. The van der Waals surface area contributed by atoms with Crippen LogP contribution in [0, 0.1) is 5.82 Å². The lowest BCUT2D eigenvalue weighted by Gasteiger charge is -2.10. The maximum Gasteiger partial charge on any atom is 0.269 e. The summed E-state index contributed by atoms with van der Waals surface area (Å²) in [6, 6.07) is 14.7. The SMILES string of the molecule is COc1ccc(C(=O)NNC(=O)/C=C/c2ccc(-c3ccccc3F)s2)cc1OC. The summed E-state index contributed by atoms with van der Waals surface area (Å²) in [6.07, 6.45) is 2.87. The predicted molar refractivity (Wildman–Crippen MR) is 114 cm³/mol. The molecule has 0 saturated heterocycles. The molecule has 1 aromatic heterocycles. The van der Waals surface area contributed by atoms with Crippen molar-refractivity contribution < 1.29 is 23.5 Å². The smallest absolute Gasteiger partial charge is 0.269 e. The van der Waals surface area contributed by atoms with Crippen LogP contribution >= 0.6 is 11.3 Å². The minimum atomic E-state index is -0.510. The lowest BCUT2D eigenvalue weighted by atomic mass is 10.2. The predicted octanol–water partition coefficient (Wildman–Crippen LogP) is 4.05. The Labute approximate surface area is 176 Å². The van der Waals surface area contributed by atoms with Crippen LogP contribution in [0.4, 0.5) is 4.39 Å². The van der Waals surface area contributed by atoms with Gasteiger partial charge < -0.3 is 9.47 Å². The average Bonchev–Trinajstić information content (AvgIpc) is 3.24. The van der Waals surface area contributed by atoms with Gasteiger partial charge in [-0.3, -0.25) is 20.4 Å². The van der Waals surface area contributed by atoms with Gasteiger partial charge in [0.15, 0.2) is 11.5 Å². The Morgan fingerprint density at radius 3 is 2.47 bits per heavy atom. The summed E-state index contributed by atoms with van der Waals surface area (Å²) in [4.78, 5) is 25.7. The minimum absolute atomic E-state index is 0.296. The molecule has 0 spiro atoms. The Morgan fingerprint density at radius 2 is 1.73 bits per heavy atom. The zero-order valence-corrected chi connectivity index (χ0v) is 17.1. The van der Waals surface area contributed by atoms with Crippen molar-refractivity contribution in [2.75, 3.05) is 14.2 Å². The third-order valence-corrected chi connectivity index (χ3v) is 5.19. The largest absolute Gasteiger partial charge is 0.493 e. The maximum atomic E-state index is 13.9. The van der Waals surface area contributed by atoms with Gasteiger partial charge in [0.2, 0.25) is 0 Å². The van der Waals surface area contributed by atoms with Gasteiger partial charge >= 0.3 is 0 Å². The third kappa shape index (κ3) is 5.03. The fraction of sp³-hybridized carbons (Fsp3) is 0.0909. The highest BCUT2D eigenvalue weighted by Crippen LogP contribution is 2.30. The van der Waals surface area contributed by atoms with Crippen LogP contribution in [0.15, 0.2) is 60.7 Å². The summed E-state index contributed by atoms with van der Waals surface area (Å²) in [7, 11) is 2.96. The lowest BCUT2D eigenvalue weighted by molar-refractivity contribution is -0.117. The molecule has 3 rings (SSSR count). The summed E-state index contributed by atoms with van der Waals surface area (Å²) in [5.74, 6) is -0.419. The number of rotatable bonds is 6. The molecule has 0 atom stereocenters. The fourth-order valence-electron chi connectivity index (χ4n) is 2.62. The summed E-state index contributed by atoms with van der Waals surface area (Å²) in [5, 5.41) is 0. The Balaban J connectivity index is 1.58. The lowest BCUT2D eigenvalue weighted by Crippen LogP contribution is -2.40. The van der Waals surface area contributed by atoms with Crippen molar-refractivity contribution in [1.82, 2.24) is 10.9 Å². The van der Waals surface area contributed by atoms with Crippen molar-refractivity contribution in [3.63, 3.8) is 0 Å². The number of carbonyl (C=O) groups excluding carboxylic acids is 2. The van der Waals surface area contributed by atoms with Gasteiger partial charge in [-0.25, -0.2) is 4.39 Å². The molecule has 30 heavy (non-hydrogen) atoms. The van der Waals surface area contributed by atoms with Gasteiger partial charge in [-0.1, -0.05) is 18.2 Å². The highest BCUT2D eigenvalue weighted by molar-refractivity contribution is 7.16. The molecular formula is C22H19FN2O4S. The molecule has 6 nitrogen and oxygen atoms in total. The second-order valence-electron chi connectivity index (χ2n) is 6.03. The second-order valence-corrected chi connectivity index (χ2v) is 7.14. The molecule has 154 valence electrons. The molecule has 0 fully saturated rings. The Bertz CT molecular complexity index is 1090. The minimum Gasteiger partial charge on any atom is -0.493 e. The first-order chi connectivity index (χ1) is 14.5. The van der Waals surface area contributed by atoms with Gasteiger partial charge in [0.05, 0.1) is 14.2 Å². The van der Waals surface area contributed by atoms with Gasteiger partial charge in [0.25, 0.3) is 11.8 Å². The van der Waals surface area contributed by atoms with E-state index < -0.39 is 11.8 Å². The number of halogens is 1. The van der Waals surface area contributed by atoms with Crippen LogP contribution < -0.4 is 20.3 Å². The molecule has 2 N–H and O–H groups in total. The highest BCUT2D eigenvalue weighted by Gasteiger charge is 2.11. The van der Waals surface area contributed by atoms with Crippen LogP contribution in [-0.4, -0.2) is 26.0 Å². The molecule has 8 heteroatoms. The quantitative estimate of drug-likeness (QED) is 0.461. The van der Waals surface area contributed by atoms with E-state index >= 15 is 0 Å². The van der Waals surface area contributed by atoms with E-state index in [9.17, 15) is 14.0 Å². The van der Waals surface area contributed by atoms with Gasteiger partial charge in [0, 0.05) is 27.0 Å². The number of hydrogen-bond donors (Lipinski definition) is 2. The zero-order valence-electron chi connectivity index (χ0n) is 16.3. The van der Waals surface area contributed by atoms with Gasteiger partial charge in [-0.2, -0.15) is 0 Å². The molecule has 3 aromatic rings. The first-order valence-corrected chi connectivity index (χ1v) is 9.68. The topological polar surface area (TPSA) is 76.7 Å². The van der Waals surface area contributed by atoms with Crippen molar-refractivity contribution in [2.24, 2.45) is 0 Å². The van der Waals surface area contributed by atoms with E-state index in [0.29, 0.717) is 22.6 Å². The van der Waals surface area contributed by atoms with Gasteiger partial charge in [-0.05, 0) is 42.5 Å². The molecule has 1 heterocycles. The first-order valence-electron chi connectivity index (χ1n) is 8.87. The standard InChI is InChI=1S/C22H19FN2O4S/c1-28-18-10-7-14(13-19(18)29-2)22(27)25-24-21(26)12-9-15-8-11-20(30-15)16-5-3-4-6-17(16)23/h3-13H,1-2H3,(H,24,26)(H,25,27)/b12-9+. The normalized spacial score (nSPS) is 10.6. The van der Waals surface area contributed by atoms with Crippen LogP contribution in [0.1, 0.15) is 15.2 Å². The molecule has 0 radical (unpaired) electrons. The van der Waals surface area contributed by atoms with E-state index in [1.54, 1.807) is 48.5 Å². The number of carbonyl (C=O) groups is 2. The number of hydrogen-bond acceptors (Lipinski definition) is 5. The fourth-order valence-corrected chi connectivity index (χ4v) is 3.55. The van der Waals surface area contributed by atoms with E-state index in [1.807, 2.05) is 0 Å². The molecule has 2 amide bonds. The number of benzene rings is 2. The van der Waals surface area contributed by atoms with Crippen molar-refractivity contribution in [1.29, 1.82) is 0 Å². The Morgan fingerprint density at radius 1 is 0.967 bits per heavy atom. The second kappa shape index (κ2) is 9.71. The average molecular weight is 426 g/mol. The van der Waals surface area contributed by atoms with Crippen molar-refractivity contribution >= 4 is 29.2 Å². The number of amides is 2. The first kappa shape index (κ1) is 21.1. The molecule has 0 bridgehead atoms. The monoisotopic (exact) mass is 426 g/mol. The third-order valence-electron chi connectivity index (χ3n) is 4.11. The number of nitrogens with one attached hydrogen (secondary N) is 2. The van der Waals surface area contributed by atoms with E-state index in [2.05, 4.69) is 10.9 Å². The maximum absolute atomic E-state index is 13.9. The Kier molecular flexibility index (Phi) is 6.82. The molecule has 0 saturated carbocycles. The van der Waals surface area contributed by atoms with Crippen LogP contribution in [0.2, 0.25) is 0 Å². The molecule has 0 aliphatic heterocycles. The number of methoxy groups -OCH3 is 2. The number of ether oxygens (including phenoxy) is 2. The number of thiophene rings is 1. The van der Waals surface area contributed by atoms with E-state index in [4.69, 9.17) is 9.47 Å². The summed E-state index contributed by atoms with van der Waals surface area (Å²) >= 11 is 1.35. The van der Waals surface area contributed by atoms with Gasteiger partial charge in [0.1, 0.15) is 5.82 Å². The van der Waals surface area contributed by atoms with Crippen LogP contribution in [-0.2, 0) is 4.79 Å². The molecule has 2 aromatic carbocycles. The van der Waals surface area contributed by atoms with Crippen molar-refractivity contribution in [3.8, 4) is 21.9 Å². The van der Waals surface area contributed by atoms with E-state index in [-0.39, 0.29) is 5.82 Å². The molecule has 0 unspecified atom stereocenters. The van der Waals surface area contributed by atoms with Crippen LogP contribution in [0.3, 0.4) is 0 Å². The van der Waals surface area contributed by atoms with E-state index in [1.165, 1.54) is 43.8 Å². The number of hydrazine groups is 1. The zero-order chi connectivity index (χ0) is 21.5. The highest BCUT2D eigenvalue weighted by atomic mass is 32.1. The Hall–Kier alpha value is -3.65. The van der Waals surface area contributed by atoms with Gasteiger partial charge in [-0.15, -0.1) is 11.3 Å². The summed E-state index contributed by atoms with van der Waals surface area (Å²) in [5.41, 5.74) is 5.45. The van der Waals surface area contributed by atoms with Crippen LogP contribution in [0.5, 0.6) is 11.5 Å². The van der Waals surface area contributed by atoms with Crippen molar-refractivity contribution in [3.05, 3.63) is 76.9 Å². The summed E-state index contributed by atoms with van der Waals surface area (Å²) < 4.78 is 24.2. The van der Waals surface area contributed by atoms with Crippen LogP contribution in [0.25, 0.3) is 16.5 Å². The van der Waals surface area contributed by atoms with E-state index in [0.717, 1.165) is 9.75 Å². The molecule has 0 aliphatic rings. The molecular weight excluding hydrogens is 407 g/mol. The van der Waals surface area contributed by atoms with Crippen molar-refractivity contribution in [2.45, 2.75) is 0 Å². The molecule has 0 aliphatic carbocycles.